The molecule has 1 aliphatic rings. The fourth-order valence-electron chi connectivity index (χ4n) is 3.63. The first kappa shape index (κ1) is 25.6. The smallest absolute Gasteiger partial charge is 0.242 e. The zero-order valence-electron chi connectivity index (χ0n) is 18.2. The minimum atomic E-state index is -3.51. The number of nitrogens with zero attached hydrogens (tertiary/aromatic N) is 3. The third-order valence-corrected chi connectivity index (χ3v) is 7.23. The number of furan rings is 1. The van der Waals surface area contributed by atoms with Gasteiger partial charge >= 0.3 is 0 Å². The van der Waals surface area contributed by atoms with Crippen molar-refractivity contribution in [3.63, 3.8) is 0 Å². The van der Waals surface area contributed by atoms with Crippen molar-refractivity contribution < 1.29 is 12.8 Å². The summed E-state index contributed by atoms with van der Waals surface area (Å²) in [5.74, 6) is 1.55. The number of benzene rings is 1. The molecular formula is C21H32IN5O3S. The van der Waals surface area contributed by atoms with Crippen LogP contribution >= 0.6 is 24.0 Å². The zero-order chi connectivity index (χ0) is 21.6. The van der Waals surface area contributed by atoms with Crippen LogP contribution in [0.5, 0.6) is 0 Å². The second kappa shape index (κ2) is 11.8. The summed E-state index contributed by atoms with van der Waals surface area (Å²) >= 11 is 0. The first-order chi connectivity index (χ1) is 14.4. The van der Waals surface area contributed by atoms with E-state index in [1.165, 1.54) is 31.2 Å². The maximum Gasteiger partial charge on any atom is 0.242 e. The van der Waals surface area contributed by atoms with Crippen molar-refractivity contribution in [1.29, 1.82) is 0 Å². The number of halogens is 1. The fraction of sp³-hybridized carbons (Fsp3) is 0.476. The lowest BCUT2D eigenvalue weighted by Crippen LogP contribution is -2.42. The van der Waals surface area contributed by atoms with Gasteiger partial charge in [-0.3, -0.25) is 9.89 Å². The van der Waals surface area contributed by atoms with E-state index >= 15 is 0 Å². The normalized spacial score (nSPS) is 16.2. The highest BCUT2D eigenvalue weighted by Crippen LogP contribution is 2.25. The molecule has 1 atom stereocenters. The van der Waals surface area contributed by atoms with Crippen LogP contribution in [0, 0.1) is 0 Å². The summed E-state index contributed by atoms with van der Waals surface area (Å²) in [6.45, 7) is 3.09. The van der Waals surface area contributed by atoms with Gasteiger partial charge in [-0.05, 0) is 49.7 Å². The summed E-state index contributed by atoms with van der Waals surface area (Å²) in [6.07, 6.45) is 4.09. The van der Waals surface area contributed by atoms with Crippen LogP contribution in [0.15, 0.2) is 57.0 Å². The van der Waals surface area contributed by atoms with E-state index in [0.29, 0.717) is 29.5 Å². The summed E-state index contributed by atoms with van der Waals surface area (Å²) < 4.78 is 32.1. The Morgan fingerprint density at radius 1 is 1.16 bits per heavy atom. The average molecular weight is 561 g/mol. The minimum absolute atomic E-state index is 0. The molecule has 1 aromatic heterocycles. The number of hydrogen-bond donors (Lipinski definition) is 2. The molecular weight excluding hydrogens is 529 g/mol. The van der Waals surface area contributed by atoms with Gasteiger partial charge in [-0.2, -0.15) is 0 Å². The maximum atomic E-state index is 12.6. The van der Waals surface area contributed by atoms with Gasteiger partial charge in [0, 0.05) is 34.2 Å². The molecule has 1 saturated heterocycles. The molecule has 2 aromatic rings. The van der Waals surface area contributed by atoms with Gasteiger partial charge in [0.15, 0.2) is 5.96 Å². The summed E-state index contributed by atoms with van der Waals surface area (Å²) in [6, 6.07) is 11.0. The van der Waals surface area contributed by atoms with Crippen molar-refractivity contribution in [3.05, 3.63) is 54.0 Å². The molecule has 0 aliphatic carbocycles. The van der Waals surface area contributed by atoms with Gasteiger partial charge in [-0.25, -0.2) is 12.7 Å². The quantitative estimate of drug-likeness (QED) is 0.293. The van der Waals surface area contributed by atoms with Crippen LogP contribution in [0.3, 0.4) is 0 Å². The van der Waals surface area contributed by atoms with Gasteiger partial charge in [-0.1, -0.05) is 18.2 Å². The monoisotopic (exact) mass is 561 g/mol. The van der Waals surface area contributed by atoms with Crippen LogP contribution in [0.25, 0.3) is 0 Å². The Balaban J connectivity index is 0.00000341. The van der Waals surface area contributed by atoms with Crippen molar-refractivity contribution in [2.45, 2.75) is 30.3 Å². The van der Waals surface area contributed by atoms with Crippen LogP contribution in [0.4, 0.5) is 0 Å². The van der Waals surface area contributed by atoms with Crippen molar-refractivity contribution >= 4 is 40.0 Å². The Morgan fingerprint density at radius 2 is 1.87 bits per heavy atom. The lowest BCUT2D eigenvalue weighted by Gasteiger charge is -2.26. The van der Waals surface area contributed by atoms with Crippen LogP contribution < -0.4 is 10.6 Å². The van der Waals surface area contributed by atoms with Crippen molar-refractivity contribution in [1.82, 2.24) is 19.8 Å². The van der Waals surface area contributed by atoms with Crippen LogP contribution in [0.2, 0.25) is 0 Å². The predicted molar refractivity (Wildman–Crippen MR) is 133 cm³/mol. The number of nitrogens with one attached hydrogen (secondary N) is 2. The first-order valence-electron chi connectivity index (χ1n) is 10.2. The standard InChI is InChI=1S/C21H31N5O3S.HI/c1-22-21(23-15-17-9-4-5-11-20(17)30(27,28)25(2)3)24-16-18(19-10-8-14-29-19)26-12-6-7-13-26;/h4-5,8-11,14,18H,6-7,12-13,15-16H2,1-3H3,(H2,22,23,24);1H. The van der Waals surface area contributed by atoms with Gasteiger partial charge in [0.05, 0.1) is 17.2 Å². The Labute approximate surface area is 202 Å². The van der Waals surface area contributed by atoms with Gasteiger partial charge in [0.1, 0.15) is 5.76 Å². The molecule has 0 saturated carbocycles. The Kier molecular flexibility index (Phi) is 9.79. The minimum Gasteiger partial charge on any atom is -0.468 e. The van der Waals surface area contributed by atoms with Gasteiger partial charge < -0.3 is 15.1 Å². The molecule has 0 bridgehead atoms. The first-order valence-corrected chi connectivity index (χ1v) is 11.6. The third kappa shape index (κ3) is 6.43. The SMILES string of the molecule is CN=C(NCc1ccccc1S(=O)(=O)N(C)C)NCC(c1ccco1)N1CCCC1.I. The number of likely N-dealkylation sites (tertiary alicyclic amines) is 1. The molecule has 172 valence electrons. The number of hydrogen-bond acceptors (Lipinski definition) is 5. The molecule has 1 aliphatic heterocycles. The lowest BCUT2D eigenvalue weighted by atomic mass is 10.2. The van der Waals surface area contributed by atoms with E-state index in [9.17, 15) is 8.42 Å². The van der Waals surface area contributed by atoms with Crippen molar-refractivity contribution in [2.24, 2.45) is 4.99 Å². The number of sulfonamides is 1. The van der Waals surface area contributed by atoms with Gasteiger partial charge in [0.2, 0.25) is 10.0 Å². The highest BCUT2D eigenvalue weighted by atomic mass is 127. The van der Waals surface area contributed by atoms with E-state index in [-0.39, 0.29) is 30.0 Å². The largest absolute Gasteiger partial charge is 0.468 e. The highest BCUT2D eigenvalue weighted by Gasteiger charge is 2.26. The summed E-state index contributed by atoms with van der Waals surface area (Å²) in [5, 5.41) is 6.60. The van der Waals surface area contributed by atoms with E-state index in [4.69, 9.17) is 4.42 Å². The Morgan fingerprint density at radius 3 is 2.48 bits per heavy atom. The molecule has 8 nitrogen and oxygen atoms in total. The maximum absolute atomic E-state index is 12.6. The highest BCUT2D eigenvalue weighted by molar-refractivity contribution is 14.0. The third-order valence-electron chi connectivity index (χ3n) is 5.32. The number of aliphatic imine (C=N–C) groups is 1. The molecule has 1 fully saturated rings. The summed E-state index contributed by atoms with van der Waals surface area (Å²) in [5.41, 5.74) is 0.691. The van der Waals surface area contributed by atoms with Crippen LogP contribution in [-0.2, 0) is 16.6 Å². The second-order valence-corrected chi connectivity index (χ2v) is 9.60. The molecule has 31 heavy (non-hydrogen) atoms. The van der Waals surface area contributed by atoms with E-state index in [2.05, 4.69) is 20.5 Å². The molecule has 3 rings (SSSR count). The molecule has 1 aromatic carbocycles. The molecule has 0 radical (unpaired) electrons. The number of guanidine groups is 1. The fourth-order valence-corrected chi connectivity index (χ4v) is 4.75. The molecule has 0 spiro atoms. The molecule has 1 unspecified atom stereocenters. The van der Waals surface area contributed by atoms with E-state index in [0.717, 1.165) is 18.8 Å². The molecule has 2 heterocycles. The van der Waals surface area contributed by atoms with E-state index in [1.54, 1.807) is 25.4 Å². The zero-order valence-corrected chi connectivity index (χ0v) is 21.4. The van der Waals surface area contributed by atoms with Crippen LogP contribution in [0.1, 0.15) is 30.2 Å². The van der Waals surface area contributed by atoms with Crippen molar-refractivity contribution in [2.75, 3.05) is 40.8 Å². The predicted octanol–water partition coefficient (Wildman–Crippen LogP) is 2.65. The van der Waals surface area contributed by atoms with Crippen LogP contribution in [-0.4, -0.2) is 64.4 Å². The molecule has 2 N–H and O–H groups in total. The Bertz CT molecular complexity index is 942. The topological polar surface area (TPSA) is 90.2 Å². The average Bonchev–Trinajstić information content (AvgIpc) is 3.45. The summed E-state index contributed by atoms with van der Waals surface area (Å²) in [4.78, 5) is 7.01. The number of rotatable bonds is 8. The Hall–Kier alpha value is -1.63. The van der Waals surface area contributed by atoms with Gasteiger partial charge in [-0.15, -0.1) is 24.0 Å². The molecule has 10 heteroatoms. The molecule has 0 amide bonds. The summed E-state index contributed by atoms with van der Waals surface area (Å²) in [7, 11) is 1.26. The van der Waals surface area contributed by atoms with E-state index < -0.39 is 10.0 Å². The second-order valence-electron chi connectivity index (χ2n) is 7.48. The van der Waals surface area contributed by atoms with Gasteiger partial charge in [0.25, 0.3) is 0 Å². The van der Waals surface area contributed by atoms with Crippen molar-refractivity contribution in [3.8, 4) is 0 Å². The lowest BCUT2D eigenvalue weighted by molar-refractivity contribution is 0.215. The van der Waals surface area contributed by atoms with E-state index in [1.807, 2.05) is 24.3 Å².